The zero-order chi connectivity index (χ0) is 11.8. The number of halogens is 1. The molecular formula is C13H21ClN2. The first-order valence-electron chi connectivity index (χ1n) is 6.01. The second-order valence-electron chi connectivity index (χ2n) is 4.08. The van der Waals surface area contributed by atoms with Crippen LogP contribution in [-0.4, -0.2) is 16.9 Å². The Morgan fingerprint density at radius 3 is 2.69 bits per heavy atom. The quantitative estimate of drug-likeness (QED) is 0.741. The predicted octanol–water partition coefficient (Wildman–Crippen LogP) is 3.21. The molecule has 1 aromatic rings. The summed E-state index contributed by atoms with van der Waals surface area (Å²) < 4.78 is 0. The zero-order valence-electron chi connectivity index (χ0n) is 10.1. The van der Waals surface area contributed by atoms with Crippen molar-refractivity contribution in [1.82, 2.24) is 10.3 Å². The Labute approximate surface area is 103 Å². The van der Waals surface area contributed by atoms with Crippen LogP contribution in [0.4, 0.5) is 0 Å². The van der Waals surface area contributed by atoms with Crippen LogP contribution in [0, 0.1) is 5.92 Å². The molecule has 0 aliphatic carbocycles. The number of nitrogens with one attached hydrogen (secondary N) is 1. The highest BCUT2D eigenvalue weighted by Gasteiger charge is 2.14. The van der Waals surface area contributed by atoms with Gasteiger partial charge in [-0.15, -0.1) is 11.6 Å². The molecule has 16 heavy (non-hydrogen) atoms. The van der Waals surface area contributed by atoms with E-state index in [4.69, 9.17) is 11.6 Å². The SMILES string of the molecule is CCC(CC)C(Cl)CNCc1cccnc1. The highest BCUT2D eigenvalue weighted by Crippen LogP contribution is 2.17. The largest absolute Gasteiger partial charge is 0.311 e. The standard InChI is InChI=1S/C13H21ClN2/c1-3-12(4-2)13(14)10-16-9-11-6-5-7-15-8-11/h5-8,12-13,16H,3-4,9-10H2,1-2H3. The Hall–Kier alpha value is -0.600. The van der Waals surface area contributed by atoms with E-state index in [9.17, 15) is 0 Å². The Morgan fingerprint density at radius 1 is 1.38 bits per heavy atom. The van der Waals surface area contributed by atoms with Crippen molar-refractivity contribution in [2.45, 2.75) is 38.6 Å². The summed E-state index contributed by atoms with van der Waals surface area (Å²) in [5.41, 5.74) is 1.20. The van der Waals surface area contributed by atoms with Crippen LogP contribution in [0.15, 0.2) is 24.5 Å². The second-order valence-corrected chi connectivity index (χ2v) is 4.65. The molecular weight excluding hydrogens is 220 g/mol. The Morgan fingerprint density at radius 2 is 2.12 bits per heavy atom. The van der Waals surface area contributed by atoms with Gasteiger partial charge in [0.05, 0.1) is 0 Å². The number of hydrogen-bond donors (Lipinski definition) is 1. The van der Waals surface area contributed by atoms with Gasteiger partial charge in [-0.1, -0.05) is 32.8 Å². The van der Waals surface area contributed by atoms with Gasteiger partial charge in [-0.05, 0) is 17.5 Å². The van der Waals surface area contributed by atoms with Crippen LogP contribution in [0.2, 0.25) is 0 Å². The van der Waals surface area contributed by atoms with Gasteiger partial charge in [-0.3, -0.25) is 4.98 Å². The molecule has 0 aliphatic heterocycles. The van der Waals surface area contributed by atoms with Crippen LogP contribution < -0.4 is 5.32 Å². The lowest BCUT2D eigenvalue weighted by Crippen LogP contribution is -2.28. The van der Waals surface area contributed by atoms with Crippen LogP contribution in [0.25, 0.3) is 0 Å². The third-order valence-electron chi connectivity index (χ3n) is 2.95. The number of hydrogen-bond acceptors (Lipinski definition) is 2. The van der Waals surface area contributed by atoms with Crippen LogP contribution in [0.3, 0.4) is 0 Å². The average molecular weight is 241 g/mol. The minimum Gasteiger partial charge on any atom is -0.311 e. The fraction of sp³-hybridized carbons (Fsp3) is 0.615. The van der Waals surface area contributed by atoms with E-state index in [1.54, 1.807) is 6.20 Å². The lowest BCUT2D eigenvalue weighted by Gasteiger charge is -2.19. The van der Waals surface area contributed by atoms with Crippen molar-refractivity contribution in [2.24, 2.45) is 5.92 Å². The first kappa shape index (κ1) is 13.5. The molecule has 1 unspecified atom stereocenters. The van der Waals surface area contributed by atoms with Crippen LogP contribution in [0.5, 0.6) is 0 Å². The first-order valence-corrected chi connectivity index (χ1v) is 6.45. The van der Waals surface area contributed by atoms with E-state index in [2.05, 4.69) is 30.2 Å². The highest BCUT2D eigenvalue weighted by molar-refractivity contribution is 6.21. The van der Waals surface area contributed by atoms with Crippen LogP contribution >= 0.6 is 11.6 Å². The summed E-state index contributed by atoms with van der Waals surface area (Å²) in [7, 11) is 0. The van der Waals surface area contributed by atoms with Gasteiger partial charge in [0.25, 0.3) is 0 Å². The molecule has 0 bridgehead atoms. The lowest BCUT2D eigenvalue weighted by molar-refractivity contribution is 0.446. The van der Waals surface area contributed by atoms with E-state index in [1.807, 2.05) is 12.3 Å². The van der Waals surface area contributed by atoms with Gasteiger partial charge in [0, 0.05) is 30.9 Å². The van der Waals surface area contributed by atoms with Crippen molar-refractivity contribution in [2.75, 3.05) is 6.54 Å². The maximum absolute atomic E-state index is 6.34. The molecule has 2 nitrogen and oxygen atoms in total. The van der Waals surface area contributed by atoms with Gasteiger partial charge < -0.3 is 5.32 Å². The highest BCUT2D eigenvalue weighted by atomic mass is 35.5. The molecule has 1 N–H and O–H groups in total. The summed E-state index contributed by atoms with van der Waals surface area (Å²) in [4.78, 5) is 4.08. The van der Waals surface area contributed by atoms with Gasteiger partial charge in [0.1, 0.15) is 0 Å². The maximum atomic E-state index is 6.34. The molecule has 0 saturated carbocycles. The molecule has 0 fully saturated rings. The van der Waals surface area contributed by atoms with E-state index in [0.29, 0.717) is 5.92 Å². The Kier molecular flexibility index (Phi) is 6.43. The molecule has 3 heteroatoms. The normalized spacial score (nSPS) is 13.0. The number of nitrogens with zero attached hydrogens (tertiary/aromatic N) is 1. The van der Waals surface area contributed by atoms with Crippen molar-refractivity contribution >= 4 is 11.6 Å². The summed E-state index contributed by atoms with van der Waals surface area (Å²) in [6, 6.07) is 4.02. The summed E-state index contributed by atoms with van der Waals surface area (Å²) in [5.74, 6) is 0.614. The Bertz CT molecular complexity index is 273. The monoisotopic (exact) mass is 240 g/mol. The number of pyridine rings is 1. The van der Waals surface area contributed by atoms with Gasteiger partial charge in [0.2, 0.25) is 0 Å². The molecule has 1 heterocycles. The van der Waals surface area contributed by atoms with Gasteiger partial charge in [0.15, 0.2) is 0 Å². The summed E-state index contributed by atoms with van der Waals surface area (Å²) in [6.07, 6.45) is 5.98. The third kappa shape index (κ3) is 4.50. The topological polar surface area (TPSA) is 24.9 Å². The van der Waals surface area contributed by atoms with Crippen molar-refractivity contribution < 1.29 is 0 Å². The minimum atomic E-state index is 0.228. The molecule has 1 atom stereocenters. The maximum Gasteiger partial charge on any atom is 0.0488 e. The summed E-state index contributed by atoms with van der Waals surface area (Å²) in [6.45, 7) is 6.11. The van der Waals surface area contributed by atoms with Crippen LogP contribution in [-0.2, 0) is 6.54 Å². The fourth-order valence-corrected chi connectivity index (χ4v) is 2.29. The summed E-state index contributed by atoms with van der Waals surface area (Å²) >= 11 is 6.34. The zero-order valence-corrected chi connectivity index (χ0v) is 10.9. The van der Waals surface area contributed by atoms with Crippen molar-refractivity contribution in [1.29, 1.82) is 0 Å². The molecule has 1 rings (SSSR count). The number of aromatic nitrogens is 1. The lowest BCUT2D eigenvalue weighted by atomic mass is 9.99. The number of rotatable bonds is 7. The van der Waals surface area contributed by atoms with Crippen molar-refractivity contribution in [3.8, 4) is 0 Å². The van der Waals surface area contributed by atoms with Crippen molar-refractivity contribution in [3.63, 3.8) is 0 Å². The third-order valence-corrected chi connectivity index (χ3v) is 3.46. The second kappa shape index (κ2) is 7.64. The fourth-order valence-electron chi connectivity index (χ4n) is 1.82. The van der Waals surface area contributed by atoms with Crippen LogP contribution in [0.1, 0.15) is 32.3 Å². The van der Waals surface area contributed by atoms with Crippen molar-refractivity contribution in [3.05, 3.63) is 30.1 Å². The summed E-state index contributed by atoms with van der Waals surface area (Å²) in [5, 5.41) is 3.61. The smallest absolute Gasteiger partial charge is 0.0488 e. The molecule has 0 amide bonds. The van der Waals surface area contributed by atoms with E-state index >= 15 is 0 Å². The molecule has 0 radical (unpaired) electrons. The molecule has 1 aromatic heterocycles. The number of alkyl halides is 1. The average Bonchev–Trinajstić information content (AvgIpc) is 2.32. The van der Waals surface area contributed by atoms with Gasteiger partial charge in [-0.25, -0.2) is 0 Å². The molecule has 0 spiro atoms. The molecule has 0 aliphatic rings. The minimum absolute atomic E-state index is 0.228. The first-order chi connectivity index (χ1) is 7.77. The van der Waals surface area contributed by atoms with E-state index in [0.717, 1.165) is 25.9 Å². The van der Waals surface area contributed by atoms with Gasteiger partial charge >= 0.3 is 0 Å². The predicted molar refractivity (Wildman–Crippen MR) is 69.7 cm³/mol. The van der Waals surface area contributed by atoms with E-state index < -0.39 is 0 Å². The molecule has 0 saturated heterocycles. The molecule has 90 valence electrons. The van der Waals surface area contributed by atoms with E-state index in [-0.39, 0.29) is 5.38 Å². The van der Waals surface area contributed by atoms with Gasteiger partial charge in [-0.2, -0.15) is 0 Å². The Balaban J connectivity index is 2.25. The molecule has 0 aromatic carbocycles. The van der Waals surface area contributed by atoms with E-state index in [1.165, 1.54) is 5.56 Å².